The van der Waals surface area contributed by atoms with E-state index >= 15 is 0 Å². The van der Waals surface area contributed by atoms with Crippen LogP contribution < -0.4 is 0 Å². The Bertz CT molecular complexity index is 270. The van der Waals surface area contributed by atoms with Gasteiger partial charge in [-0.05, 0) is 32.6 Å². The molecule has 1 aliphatic heterocycles. The van der Waals surface area contributed by atoms with E-state index in [1.54, 1.807) is 0 Å². The van der Waals surface area contributed by atoms with Gasteiger partial charge in [-0.2, -0.15) is 0 Å². The SMILES string of the molecule is CC1(C)CC(CC#CC(=O)O)CCO1. The first-order valence-corrected chi connectivity index (χ1v) is 4.85. The van der Waals surface area contributed by atoms with Gasteiger partial charge in [0.1, 0.15) is 0 Å². The van der Waals surface area contributed by atoms with Gasteiger partial charge < -0.3 is 9.84 Å². The second kappa shape index (κ2) is 4.47. The normalized spacial score (nSPS) is 24.9. The predicted molar refractivity (Wildman–Crippen MR) is 52.8 cm³/mol. The van der Waals surface area contributed by atoms with Gasteiger partial charge in [-0.3, -0.25) is 0 Å². The van der Waals surface area contributed by atoms with E-state index in [1.807, 2.05) is 0 Å². The van der Waals surface area contributed by atoms with E-state index in [4.69, 9.17) is 9.84 Å². The average Bonchev–Trinajstić information content (AvgIpc) is 2.01. The predicted octanol–water partition coefficient (Wildman–Crippen LogP) is 1.67. The minimum absolute atomic E-state index is 0.0756. The highest BCUT2D eigenvalue weighted by atomic mass is 16.5. The summed E-state index contributed by atoms with van der Waals surface area (Å²) in [6.45, 7) is 4.87. The van der Waals surface area contributed by atoms with Gasteiger partial charge in [0, 0.05) is 18.9 Å². The first-order valence-electron chi connectivity index (χ1n) is 4.85. The largest absolute Gasteiger partial charge is 0.472 e. The van der Waals surface area contributed by atoms with E-state index < -0.39 is 5.97 Å². The maximum absolute atomic E-state index is 10.2. The summed E-state index contributed by atoms with van der Waals surface area (Å²) in [5, 5.41) is 8.35. The molecule has 0 bridgehead atoms. The molecule has 0 aromatic rings. The molecule has 1 fully saturated rings. The molecular weight excluding hydrogens is 180 g/mol. The van der Waals surface area contributed by atoms with Crippen molar-refractivity contribution in [2.45, 2.75) is 38.7 Å². The number of hydrogen-bond acceptors (Lipinski definition) is 2. The molecule has 0 radical (unpaired) electrons. The Kier molecular flexibility index (Phi) is 3.54. The lowest BCUT2D eigenvalue weighted by Crippen LogP contribution is -2.33. The molecule has 1 N–H and O–H groups in total. The van der Waals surface area contributed by atoms with Gasteiger partial charge in [0.25, 0.3) is 0 Å². The zero-order valence-electron chi connectivity index (χ0n) is 8.67. The Labute approximate surface area is 84.5 Å². The molecule has 78 valence electrons. The number of ether oxygens (including phenoxy) is 1. The summed E-state index contributed by atoms with van der Waals surface area (Å²) in [4.78, 5) is 10.2. The summed E-state index contributed by atoms with van der Waals surface area (Å²) in [5.41, 5.74) is -0.0756. The first kappa shape index (κ1) is 11.1. The fraction of sp³-hybridized carbons (Fsp3) is 0.727. The van der Waals surface area contributed by atoms with Crippen LogP contribution in [-0.2, 0) is 9.53 Å². The van der Waals surface area contributed by atoms with Gasteiger partial charge in [-0.25, -0.2) is 4.79 Å². The van der Waals surface area contributed by atoms with Crippen molar-refractivity contribution in [2.24, 2.45) is 5.92 Å². The van der Waals surface area contributed by atoms with E-state index in [2.05, 4.69) is 25.7 Å². The van der Waals surface area contributed by atoms with E-state index in [0.29, 0.717) is 12.3 Å². The van der Waals surface area contributed by atoms with Crippen LogP contribution in [0.15, 0.2) is 0 Å². The Morgan fingerprint density at radius 1 is 1.64 bits per heavy atom. The average molecular weight is 196 g/mol. The highest BCUT2D eigenvalue weighted by Crippen LogP contribution is 2.30. The number of carboxylic acid groups (broad SMARTS) is 1. The van der Waals surface area contributed by atoms with Crippen molar-refractivity contribution in [3.63, 3.8) is 0 Å². The van der Waals surface area contributed by atoms with Crippen molar-refractivity contribution in [3.05, 3.63) is 0 Å². The van der Waals surface area contributed by atoms with E-state index in [1.165, 1.54) is 0 Å². The van der Waals surface area contributed by atoms with Gasteiger partial charge in [0.2, 0.25) is 0 Å². The zero-order chi connectivity index (χ0) is 10.6. The highest BCUT2D eigenvalue weighted by Gasteiger charge is 2.27. The topological polar surface area (TPSA) is 46.5 Å². The van der Waals surface area contributed by atoms with Crippen molar-refractivity contribution >= 4 is 5.97 Å². The van der Waals surface area contributed by atoms with E-state index in [9.17, 15) is 4.79 Å². The molecule has 1 atom stereocenters. The van der Waals surface area contributed by atoms with Gasteiger partial charge >= 0.3 is 5.97 Å². The summed E-state index contributed by atoms with van der Waals surface area (Å²) < 4.78 is 5.56. The molecule has 1 aliphatic rings. The molecule has 1 saturated heterocycles. The summed E-state index contributed by atoms with van der Waals surface area (Å²) in [6, 6.07) is 0. The van der Waals surface area contributed by atoms with Crippen LogP contribution in [0.25, 0.3) is 0 Å². The molecule has 1 heterocycles. The van der Waals surface area contributed by atoms with Crippen molar-refractivity contribution in [2.75, 3.05) is 6.61 Å². The molecule has 0 aromatic carbocycles. The van der Waals surface area contributed by atoms with Gasteiger partial charge in [-0.1, -0.05) is 5.92 Å². The Morgan fingerprint density at radius 3 is 2.93 bits per heavy atom. The van der Waals surface area contributed by atoms with Crippen LogP contribution in [0, 0.1) is 17.8 Å². The van der Waals surface area contributed by atoms with Crippen LogP contribution in [0.2, 0.25) is 0 Å². The quantitative estimate of drug-likeness (QED) is 0.649. The third-order valence-electron chi connectivity index (χ3n) is 2.39. The zero-order valence-corrected chi connectivity index (χ0v) is 8.67. The Morgan fingerprint density at radius 2 is 2.36 bits per heavy atom. The summed E-state index contributed by atoms with van der Waals surface area (Å²) >= 11 is 0. The van der Waals surface area contributed by atoms with Crippen molar-refractivity contribution in [1.29, 1.82) is 0 Å². The minimum Gasteiger partial charge on any atom is -0.472 e. The van der Waals surface area contributed by atoms with Crippen molar-refractivity contribution < 1.29 is 14.6 Å². The fourth-order valence-electron chi connectivity index (χ4n) is 1.80. The van der Waals surface area contributed by atoms with Crippen molar-refractivity contribution in [1.82, 2.24) is 0 Å². The Balaban J connectivity index is 2.40. The van der Waals surface area contributed by atoms with Crippen LogP contribution >= 0.6 is 0 Å². The lowest BCUT2D eigenvalue weighted by atomic mass is 9.86. The number of carboxylic acids is 1. The molecular formula is C11H16O3. The van der Waals surface area contributed by atoms with Crippen molar-refractivity contribution in [3.8, 4) is 11.8 Å². The molecule has 14 heavy (non-hydrogen) atoms. The van der Waals surface area contributed by atoms with Gasteiger partial charge in [0.15, 0.2) is 0 Å². The molecule has 0 amide bonds. The molecule has 0 spiro atoms. The lowest BCUT2D eigenvalue weighted by Gasteiger charge is -2.34. The molecule has 3 heteroatoms. The first-order chi connectivity index (χ1) is 6.49. The number of rotatable bonds is 1. The molecule has 3 nitrogen and oxygen atoms in total. The van der Waals surface area contributed by atoms with Crippen LogP contribution in [0.4, 0.5) is 0 Å². The third-order valence-corrected chi connectivity index (χ3v) is 2.39. The smallest absolute Gasteiger partial charge is 0.381 e. The molecule has 1 rings (SSSR count). The summed E-state index contributed by atoms with van der Waals surface area (Å²) in [6.07, 6.45) is 2.61. The minimum atomic E-state index is -1.05. The Hall–Kier alpha value is -1.01. The monoisotopic (exact) mass is 196 g/mol. The fourth-order valence-corrected chi connectivity index (χ4v) is 1.80. The second-order valence-corrected chi connectivity index (χ2v) is 4.28. The number of carbonyl (C=O) groups is 1. The maximum atomic E-state index is 10.2. The van der Waals surface area contributed by atoms with Crippen LogP contribution in [0.3, 0.4) is 0 Å². The van der Waals surface area contributed by atoms with Crippen LogP contribution in [0.5, 0.6) is 0 Å². The molecule has 0 aromatic heterocycles. The summed E-state index contributed by atoms with van der Waals surface area (Å²) in [5.74, 6) is 4.27. The van der Waals surface area contributed by atoms with E-state index in [-0.39, 0.29) is 5.60 Å². The van der Waals surface area contributed by atoms with Gasteiger partial charge in [-0.15, -0.1) is 0 Å². The number of aliphatic carboxylic acids is 1. The summed E-state index contributed by atoms with van der Waals surface area (Å²) in [7, 11) is 0. The standard InChI is InChI=1S/C11H16O3/c1-11(2)8-9(6-7-14-11)4-3-5-10(12)13/h9H,4,6-8H2,1-2H3,(H,12,13). The maximum Gasteiger partial charge on any atom is 0.381 e. The van der Waals surface area contributed by atoms with E-state index in [0.717, 1.165) is 19.4 Å². The number of hydrogen-bond donors (Lipinski definition) is 1. The van der Waals surface area contributed by atoms with Crippen LogP contribution in [-0.4, -0.2) is 23.3 Å². The second-order valence-electron chi connectivity index (χ2n) is 4.28. The molecule has 0 saturated carbocycles. The van der Waals surface area contributed by atoms with Crippen LogP contribution in [0.1, 0.15) is 33.1 Å². The molecule has 0 aliphatic carbocycles. The highest BCUT2D eigenvalue weighted by molar-refractivity contribution is 5.86. The third kappa shape index (κ3) is 3.80. The lowest BCUT2D eigenvalue weighted by molar-refractivity contribution is -0.130. The van der Waals surface area contributed by atoms with Gasteiger partial charge in [0.05, 0.1) is 5.60 Å². The molecule has 1 unspecified atom stereocenters.